The Labute approximate surface area is 172 Å². The molecule has 0 aliphatic rings. The number of phenols is 2. The monoisotopic (exact) mass is 424 g/mol. The number of hydrogen-bond acceptors (Lipinski definition) is 9. The summed E-state index contributed by atoms with van der Waals surface area (Å²) in [4.78, 5) is 15.3. The van der Waals surface area contributed by atoms with Crippen LogP contribution in [0.1, 0.15) is 0 Å². The Kier molecular flexibility index (Phi) is 4.94. The first-order valence-corrected chi connectivity index (χ1v) is 9.25. The van der Waals surface area contributed by atoms with Crippen LogP contribution in [0.15, 0.2) is 75.2 Å². The molecule has 0 unspecified atom stereocenters. The van der Waals surface area contributed by atoms with Crippen molar-refractivity contribution in [2.24, 2.45) is 0 Å². The minimum atomic E-state index is -0.853. The van der Waals surface area contributed by atoms with Gasteiger partial charge in [-0.2, -0.15) is 9.71 Å². The fourth-order valence-corrected chi connectivity index (χ4v) is 3.49. The Balaban J connectivity index is 1.68. The zero-order valence-electron chi connectivity index (χ0n) is 15.0. The summed E-state index contributed by atoms with van der Waals surface area (Å²) in [7, 11) is 0. The Morgan fingerprint density at radius 2 is 1.83 bits per heavy atom. The summed E-state index contributed by atoms with van der Waals surface area (Å²) in [6, 6.07) is 14.5. The quantitative estimate of drug-likeness (QED) is 0.161. The van der Waals surface area contributed by atoms with Crippen LogP contribution in [-0.4, -0.2) is 25.3 Å². The van der Waals surface area contributed by atoms with E-state index >= 15 is 0 Å². The second-order valence-electron chi connectivity index (χ2n) is 6.04. The van der Waals surface area contributed by atoms with E-state index in [0.717, 1.165) is 17.0 Å². The van der Waals surface area contributed by atoms with E-state index in [9.17, 15) is 25.5 Å². The number of benzene rings is 2. The number of aromatic nitrogens is 3. The summed E-state index contributed by atoms with van der Waals surface area (Å²) in [5, 5.41) is 46.7. The van der Waals surface area contributed by atoms with Crippen LogP contribution in [0.5, 0.6) is 11.5 Å². The molecule has 0 amide bonds. The molecule has 2 heterocycles. The third kappa shape index (κ3) is 3.73. The van der Waals surface area contributed by atoms with Gasteiger partial charge in [-0.3, -0.25) is 10.1 Å². The van der Waals surface area contributed by atoms with Crippen molar-refractivity contribution in [2.75, 3.05) is 0 Å². The Bertz CT molecular complexity index is 1250. The standard InChI is InChI=1S/C19H12N4O6S/c24-15-9-12(8-14(17(15)25)23(27)28)19-20-18(21-29-19)11-6-7-22(26)16(10-11)30-13-4-2-1-3-5-13/h1-10,24-25H. The Morgan fingerprint density at radius 3 is 2.57 bits per heavy atom. The lowest BCUT2D eigenvalue weighted by molar-refractivity contribution is -0.645. The van der Waals surface area contributed by atoms with E-state index in [2.05, 4.69) is 10.1 Å². The fourth-order valence-electron chi connectivity index (χ4n) is 2.61. The van der Waals surface area contributed by atoms with Crippen molar-refractivity contribution in [3.8, 4) is 34.3 Å². The highest BCUT2D eigenvalue weighted by atomic mass is 32.2. The molecule has 30 heavy (non-hydrogen) atoms. The summed E-state index contributed by atoms with van der Waals surface area (Å²) >= 11 is 1.26. The van der Waals surface area contributed by atoms with Gasteiger partial charge in [0.15, 0.2) is 11.9 Å². The Hall–Kier alpha value is -4.12. The Morgan fingerprint density at radius 1 is 1.07 bits per heavy atom. The van der Waals surface area contributed by atoms with Gasteiger partial charge in [-0.05, 0) is 30.0 Å². The molecule has 0 radical (unpaired) electrons. The highest BCUT2D eigenvalue weighted by Gasteiger charge is 2.22. The topological polar surface area (TPSA) is 149 Å². The van der Waals surface area contributed by atoms with Crippen LogP contribution < -0.4 is 4.73 Å². The normalized spacial score (nSPS) is 10.8. The number of rotatable bonds is 5. The van der Waals surface area contributed by atoms with E-state index in [1.807, 2.05) is 30.3 Å². The second kappa shape index (κ2) is 7.72. The molecule has 0 aliphatic carbocycles. The minimum Gasteiger partial charge on any atom is -0.618 e. The molecule has 0 atom stereocenters. The van der Waals surface area contributed by atoms with Gasteiger partial charge in [-0.25, -0.2) is 0 Å². The van der Waals surface area contributed by atoms with E-state index in [1.54, 1.807) is 6.07 Å². The van der Waals surface area contributed by atoms with Gasteiger partial charge in [-0.15, -0.1) is 0 Å². The lowest BCUT2D eigenvalue weighted by Crippen LogP contribution is -2.28. The van der Waals surface area contributed by atoms with Crippen molar-refractivity contribution in [3.05, 3.63) is 76.1 Å². The van der Waals surface area contributed by atoms with Crippen LogP contribution in [0.25, 0.3) is 22.8 Å². The van der Waals surface area contributed by atoms with Gasteiger partial charge in [0.25, 0.3) is 10.9 Å². The average molecular weight is 424 g/mol. The lowest BCUT2D eigenvalue weighted by atomic mass is 10.1. The maximum atomic E-state index is 12.1. The van der Waals surface area contributed by atoms with Crippen LogP contribution in [0.2, 0.25) is 0 Å². The summed E-state index contributed by atoms with van der Waals surface area (Å²) in [6.45, 7) is 0. The molecule has 2 N–H and O–H groups in total. The zero-order valence-corrected chi connectivity index (χ0v) is 15.8. The predicted octanol–water partition coefficient (Wildman–Crippen LogP) is 3.51. The van der Waals surface area contributed by atoms with Crippen LogP contribution >= 0.6 is 11.8 Å². The van der Waals surface area contributed by atoms with E-state index in [-0.39, 0.29) is 17.3 Å². The van der Waals surface area contributed by atoms with Crippen molar-refractivity contribution in [1.82, 2.24) is 10.1 Å². The van der Waals surface area contributed by atoms with Crippen LogP contribution in [0.4, 0.5) is 5.69 Å². The first-order chi connectivity index (χ1) is 14.4. The van der Waals surface area contributed by atoms with Crippen molar-refractivity contribution in [1.29, 1.82) is 0 Å². The molecular weight excluding hydrogens is 412 g/mol. The summed E-state index contributed by atoms with van der Waals surface area (Å²) in [5.41, 5.74) is -0.143. The smallest absolute Gasteiger partial charge is 0.315 e. The molecule has 150 valence electrons. The van der Waals surface area contributed by atoms with E-state index in [4.69, 9.17) is 4.52 Å². The number of phenolic OH excluding ortho intramolecular Hbond substituents is 2. The maximum absolute atomic E-state index is 12.1. The van der Waals surface area contributed by atoms with Gasteiger partial charge in [0.2, 0.25) is 11.6 Å². The zero-order chi connectivity index (χ0) is 21.3. The van der Waals surface area contributed by atoms with Gasteiger partial charge in [0.1, 0.15) is 0 Å². The second-order valence-corrected chi connectivity index (χ2v) is 7.13. The molecule has 0 bridgehead atoms. The molecule has 4 rings (SSSR count). The molecule has 0 fully saturated rings. The molecule has 0 aliphatic heterocycles. The third-order valence-corrected chi connectivity index (χ3v) is 5.06. The van der Waals surface area contributed by atoms with Crippen LogP contribution in [-0.2, 0) is 0 Å². The number of nitro groups is 1. The third-order valence-electron chi connectivity index (χ3n) is 4.05. The lowest BCUT2D eigenvalue weighted by Gasteiger charge is -2.04. The number of pyridine rings is 1. The molecule has 0 saturated carbocycles. The summed E-state index contributed by atoms with van der Waals surface area (Å²) < 4.78 is 5.87. The molecule has 0 saturated heterocycles. The summed E-state index contributed by atoms with van der Waals surface area (Å²) in [6.07, 6.45) is 1.31. The predicted molar refractivity (Wildman–Crippen MR) is 105 cm³/mol. The van der Waals surface area contributed by atoms with Crippen LogP contribution in [0, 0.1) is 15.3 Å². The average Bonchev–Trinajstić information content (AvgIpc) is 3.22. The van der Waals surface area contributed by atoms with E-state index < -0.39 is 22.1 Å². The first-order valence-electron chi connectivity index (χ1n) is 8.43. The largest absolute Gasteiger partial charge is 0.618 e. The van der Waals surface area contributed by atoms with Crippen LogP contribution in [0.3, 0.4) is 0 Å². The highest BCUT2D eigenvalue weighted by molar-refractivity contribution is 7.99. The van der Waals surface area contributed by atoms with Crippen molar-refractivity contribution in [2.45, 2.75) is 9.92 Å². The maximum Gasteiger partial charge on any atom is 0.315 e. The van der Waals surface area contributed by atoms with Gasteiger partial charge in [0.05, 0.1) is 10.5 Å². The molecule has 11 heteroatoms. The molecule has 2 aromatic heterocycles. The minimum absolute atomic E-state index is 0.0597. The van der Waals surface area contributed by atoms with E-state index in [0.29, 0.717) is 15.3 Å². The fraction of sp³-hybridized carbons (Fsp3) is 0. The van der Waals surface area contributed by atoms with Crippen molar-refractivity contribution >= 4 is 17.4 Å². The number of nitrogens with zero attached hydrogens (tertiary/aromatic N) is 4. The molecule has 0 spiro atoms. The van der Waals surface area contributed by atoms with Crippen molar-refractivity contribution in [3.63, 3.8) is 0 Å². The molecule has 4 aromatic rings. The highest BCUT2D eigenvalue weighted by Crippen LogP contribution is 2.39. The first kappa shape index (κ1) is 19.2. The van der Waals surface area contributed by atoms with Gasteiger partial charge < -0.3 is 19.9 Å². The molecular formula is C19H12N4O6S. The molecule has 10 nitrogen and oxygen atoms in total. The van der Waals surface area contributed by atoms with Gasteiger partial charge in [0, 0.05) is 28.7 Å². The summed E-state index contributed by atoms with van der Waals surface area (Å²) in [5.74, 6) is -1.49. The van der Waals surface area contributed by atoms with Gasteiger partial charge >= 0.3 is 5.69 Å². The van der Waals surface area contributed by atoms with Crippen molar-refractivity contribution < 1.29 is 24.4 Å². The number of nitro benzene ring substituents is 1. The number of aromatic hydroxyl groups is 2. The molecule has 2 aromatic carbocycles. The van der Waals surface area contributed by atoms with E-state index in [1.165, 1.54) is 24.0 Å². The van der Waals surface area contributed by atoms with Gasteiger partial charge in [-0.1, -0.05) is 23.4 Å². The SMILES string of the molecule is O=[N+]([O-])c1cc(-c2nc(-c3cc[n+]([O-])c(Sc4ccccc4)c3)no2)cc(O)c1O. The number of hydrogen-bond donors (Lipinski definition) is 2.